The van der Waals surface area contributed by atoms with Crippen molar-refractivity contribution in [2.45, 2.75) is 0 Å². The number of methoxy groups -OCH3 is 3. The first kappa shape index (κ1) is 95.2. The number of ether oxygens (including phenoxy) is 3. The number of hydrogen-bond acceptors (Lipinski definition) is 12. The molecule has 18 aromatic carbocycles. The van der Waals surface area contributed by atoms with Crippen LogP contribution in [0.1, 0.15) is 1.43 Å². The number of halogens is 11. The zero-order valence-corrected chi connectivity index (χ0v) is 81.0. The molecule has 0 bridgehead atoms. The Labute approximate surface area is 840 Å². The Morgan fingerprint density at radius 1 is 0.320 bits per heavy atom. The molecule has 4 N–H and O–H groups in total. The van der Waals surface area contributed by atoms with Crippen molar-refractivity contribution < 1.29 is 189 Å². The summed E-state index contributed by atoms with van der Waals surface area (Å²) in [7, 11) is 3.05. The number of aromatic hydroxyl groups is 2. The molecule has 0 unspecified atom stereocenters. The van der Waals surface area contributed by atoms with Crippen LogP contribution in [0.15, 0.2) is 321 Å². The van der Waals surface area contributed by atoms with Crippen molar-refractivity contribution >= 4 is 221 Å². The number of fused-ring (bicyclic) bond motifs is 13. The van der Waals surface area contributed by atoms with E-state index in [1.165, 1.54) is 67.1 Å². The summed E-state index contributed by atoms with van der Waals surface area (Å²) in [4.78, 5) is 11.2. The van der Waals surface area contributed by atoms with Gasteiger partial charge in [-0.15, -0.1) is 47.3 Å². The molecule has 0 saturated heterocycles. The number of benzene rings is 18. The monoisotopic (exact) mass is 2040 g/mol. The number of rotatable bonds is 9. The minimum absolute atomic E-state index is 0. The van der Waals surface area contributed by atoms with E-state index in [4.69, 9.17) is 33.1 Å². The molecule has 2 aromatic heterocycles. The quantitative estimate of drug-likeness (QED) is 0.0268. The van der Waals surface area contributed by atoms with Crippen LogP contribution in [0, 0.1) is 34.9 Å². The molecule has 0 amide bonds. The predicted molar refractivity (Wildman–Crippen MR) is 500 cm³/mol. The Hall–Kier alpha value is -8.89. The standard InChI is InChI=1S/C28H20F2O2.C26H16F2O2.C26H14O2.C11H11BO3.C6H2Br2F2.CH2O3.BBr3.2K.H/c1-31-27-13-19-9-5-3-7-17(19)11-23(27)21-15-26(30)22(16-25(21)29)24-12-18-8-4-6-10-20(18)14-28(24)32-2;27-23-14-20(22-10-16-6-2-4-8-18(16)12-26(22)30)24(28)13-19(23)21-9-15-5-1-3-7-17(15)11-25(21)29;1-3-7-17-11-23-19(9-15(17)5-1)21-13-26-22(14-25(21)27-23)20-10-16-6-2-4-8-18(16)12-24(20)28-26;1-15-11-7-9-5-3-2-4-8(9)6-10(11)12(13)14;7-3-1-5(9)4(8)2-6(3)10;2-1-4-3;2-1(3)4;;;/h3-16H,1-2H3;1-14,29-30H;1-14H;2-7,13-14H,1H3;1-2H;1,3H;;;;/q;;;;;;;2*+1;-1/p-1. The second kappa shape index (κ2) is 43.3. The summed E-state index contributed by atoms with van der Waals surface area (Å²) in [5.41, 5.74) is 5.63. The van der Waals surface area contributed by atoms with E-state index in [2.05, 4.69) is 169 Å². The van der Waals surface area contributed by atoms with Gasteiger partial charge in [-0.2, -0.15) is 0 Å². The van der Waals surface area contributed by atoms with Gasteiger partial charge in [0.2, 0.25) is 0 Å². The number of phenolic OH excluding ortho intramolecular Hbond substituents is 2. The van der Waals surface area contributed by atoms with Crippen LogP contribution in [0.2, 0.25) is 0 Å². The van der Waals surface area contributed by atoms with E-state index in [9.17, 15) is 29.0 Å². The van der Waals surface area contributed by atoms with E-state index in [-0.39, 0.29) is 168 Å². The van der Waals surface area contributed by atoms with Gasteiger partial charge in [0.25, 0.3) is 6.47 Å². The van der Waals surface area contributed by atoms with Crippen molar-refractivity contribution in [1.82, 2.24) is 0 Å². The third-order valence-electron chi connectivity index (χ3n) is 20.3. The third kappa shape index (κ3) is 21.9. The maximum Gasteiger partial charge on any atom is 1.00 e. The van der Waals surface area contributed by atoms with E-state index >= 15 is 17.6 Å². The van der Waals surface area contributed by atoms with Crippen molar-refractivity contribution in [1.29, 1.82) is 0 Å². The normalized spacial score (nSPS) is 10.7. The van der Waals surface area contributed by atoms with Gasteiger partial charge in [0.1, 0.15) is 86.0 Å². The van der Waals surface area contributed by atoms with Crippen LogP contribution in [0.5, 0.6) is 28.7 Å². The van der Waals surface area contributed by atoms with Crippen LogP contribution in [-0.2, 0) is 9.68 Å². The first-order valence-corrected chi connectivity index (χ1v) is 41.8. The largest absolute Gasteiger partial charge is 1.00 e. The van der Waals surface area contributed by atoms with Gasteiger partial charge in [0, 0.05) is 71.5 Å². The molecule has 125 heavy (non-hydrogen) atoms. The Balaban J connectivity index is 0.000000155. The summed E-state index contributed by atoms with van der Waals surface area (Å²) < 4.78 is 115. The van der Waals surface area contributed by atoms with Crippen LogP contribution in [-0.4, -0.2) is 58.4 Å². The molecule has 0 fully saturated rings. The van der Waals surface area contributed by atoms with Crippen LogP contribution in [0.25, 0.3) is 164 Å². The Morgan fingerprint density at radius 2 is 0.544 bits per heavy atom. The van der Waals surface area contributed by atoms with Gasteiger partial charge in [0.05, 0.1) is 30.3 Å². The van der Waals surface area contributed by atoms with Gasteiger partial charge in [-0.25, -0.2) is 26.3 Å². The zero-order valence-electron chi connectivity index (χ0n) is 67.8. The Morgan fingerprint density at radius 3 is 0.824 bits per heavy atom. The van der Waals surface area contributed by atoms with Crippen molar-refractivity contribution in [2.75, 3.05) is 21.3 Å². The molecular weight excluding hydrogens is 1980 g/mol. The second-order valence-corrected chi connectivity index (χ2v) is 35.9. The van der Waals surface area contributed by atoms with Crippen LogP contribution in [0.4, 0.5) is 26.3 Å². The predicted octanol–water partition coefficient (Wildman–Crippen LogP) is 21.2. The molecule has 20 rings (SSSR count). The zero-order chi connectivity index (χ0) is 86.9. The van der Waals surface area contributed by atoms with Crippen LogP contribution < -0.4 is 128 Å². The maximum absolute atomic E-state index is 15.4. The molecule has 0 radical (unpaired) electrons. The van der Waals surface area contributed by atoms with Gasteiger partial charge in [-0.1, -0.05) is 176 Å². The molecule has 12 nitrogen and oxygen atoms in total. The maximum atomic E-state index is 15.4. The van der Waals surface area contributed by atoms with Gasteiger partial charge < -0.3 is 54.9 Å². The van der Waals surface area contributed by atoms with Gasteiger partial charge in [0.15, 0.2) is 0 Å². The molecule has 2 heterocycles. The third-order valence-corrected chi connectivity index (χ3v) is 21.5. The molecule has 0 saturated carbocycles. The fourth-order valence-corrected chi connectivity index (χ4v) is 15.2. The Kier molecular flexibility index (Phi) is 33.0. The summed E-state index contributed by atoms with van der Waals surface area (Å²) in [5.74, 6) is -2.22. The van der Waals surface area contributed by atoms with Gasteiger partial charge in [-0.3, -0.25) is 4.79 Å². The number of phenols is 2. The fraction of sp³-hybridized carbons (Fsp3) is 0.0306. The minimum Gasteiger partial charge on any atom is -1.00 e. The SMILES string of the molecule is BrB(Br)Br.COc1cc2ccccc2cc1-c1cc(F)c(-c2cc3ccccc3cc2OC)cc1F.COc1cc2ccccc2cc1B(O)O.Fc1cc(Br)c(F)cc1Br.O=CO[O-].Oc1cc2ccccc2cc1-c1cc(F)c(-c2cc3ccccc3cc2O)cc1F.[H-].[K+].[K+].c1ccc2cc3c(cc2c1)oc1cc2c(cc13)oc1cc3ccccc3cc12. The minimum atomic E-state index is -1.51. The number of furan rings is 2. The van der Waals surface area contributed by atoms with Crippen molar-refractivity contribution in [3.8, 4) is 73.3 Å². The summed E-state index contributed by atoms with van der Waals surface area (Å²) in [5, 5.41) is 65.8. The van der Waals surface area contributed by atoms with Crippen LogP contribution >= 0.6 is 79.1 Å². The number of carbonyl (C=O) groups excluding carboxylic acids is 1. The summed E-state index contributed by atoms with van der Waals surface area (Å²) >= 11 is 15.0. The van der Waals surface area contributed by atoms with Crippen molar-refractivity contribution in [3.05, 3.63) is 347 Å². The molecule has 20 aromatic rings. The molecule has 0 atom stereocenters. The smallest absolute Gasteiger partial charge is 1.00 e. The second-order valence-electron chi connectivity index (χ2n) is 27.7. The van der Waals surface area contributed by atoms with Crippen molar-refractivity contribution in [2.24, 2.45) is 0 Å². The molecule has 0 aliphatic heterocycles. The molecule has 0 spiro atoms. The van der Waals surface area contributed by atoms with Crippen molar-refractivity contribution in [3.63, 3.8) is 0 Å². The molecule has 0 aliphatic rings. The van der Waals surface area contributed by atoms with Crippen LogP contribution in [0.3, 0.4) is 0 Å². The summed E-state index contributed by atoms with van der Waals surface area (Å²) in [6.45, 7) is -0.181. The first-order chi connectivity index (χ1) is 59.4. The molecule has 614 valence electrons. The first-order valence-electron chi connectivity index (χ1n) is 37.5. The van der Waals surface area contributed by atoms with E-state index in [1.54, 1.807) is 24.3 Å². The average molecular weight is 2050 g/mol. The van der Waals surface area contributed by atoms with E-state index in [1.807, 2.05) is 146 Å². The summed E-state index contributed by atoms with van der Waals surface area (Å²) in [6.07, 6.45) is 0. The van der Waals surface area contributed by atoms with Gasteiger partial charge >= 0.3 is 113 Å². The molecule has 27 heteroatoms. The van der Waals surface area contributed by atoms with E-state index in [0.29, 0.717) is 33.8 Å². The van der Waals surface area contributed by atoms with E-state index < -0.39 is 42.0 Å². The topological polar surface area (TPSA) is 184 Å². The molecular formula is C98H65B2Br5F6K2O12. The number of hydrogen-bond donors (Lipinski definition) is 4. The fourth-order valence-electron chi connectivity index (χ4n) is 14.5. The Bertz CT molecular complexity index is 7000. The number of carbonyl (C=O) groups is 1. The van der Waals surface area contributed by atoms with Gasteiger partial charge in [-0.05, 0) is 235 Å². The average Bonchev–Trinajstić information content (AvgIpc) is 1.56. The molecule has 0 aliphatic carbocycles. The van der Waals surface area contributed by atoms with E-state index in [0.717, 1.165) is 122 Å². The summed E-state index contributed by atoms with van der Waals surface area (Å²) in [6, 6.07) is 91.4.